The van der Waals surface area contributed by atoms with Crippen LogP contribution in [0.2, 0.25) is 0 Å². The number of hydrogen-bond acceptors (Lipinski definition) is 4. The number of carbonyl (C=O) groups is 1. The SMILES string of the molecule is CNC(C)(CCCN1CCN(C(C)C)CC1)C(N)=O. The summed E-state index contributed by atoms with van der Waals surface area (Å²) in [5, 5.41) is 3.04. The number of piperazine rings is 1. The van der Waals surface area contributed by atoms with Gasteiger partial charge in [-0.3, -0.25) is 9.69 Å². The molecule has 0 radical (unpaired) electrons. The van der Waals surface area contributed by atoms with E-state index in [-0.39, 0.29) is 5.91 Å². The van der Waals surface area contributed by atoms with Crippen LogP contribution in [0.3, 0.4) is 0 Å². The fraction of sp³-hybridized carbons (Fsp3) is 0.929. The zero-order chi connectivity index (χ0) is 14.5. The predicted octanol–water partition coefficient (Wildman–Crippen LogP) is 0.256. The zero-order valence-electron chi connectivity index (χ0n) is 12.9. The Morgan fingerprint density at radius 2 is 1.89 bits per heavy atom. The van der Waals surface area contributed by atoms with E-state index in [1.165, 1.54) is 0 Å². The first-order valence-electron chi connectivity index (χ1n) is 7.34. The van der Waals surface area contributed by atoms with E-state index < -0.39 is 5.54 Å². The van der Waals surface area contributed by atoms with Crippen LogP contribution < -0.4 is 11.1 Å². The summed E-state index contributed by atoms with van der Waals surface area (Å²) in [6.07, 6.45) is 1.80. The first-order valence-corrected chi connectivity index (χ1v) is 7.34. The van der Waals surface area contributed by atoms with Gasteiger partial charge in [0.15, 0.2) is 0 Å². The second-order valence-corrected chi connectivity index (χ2v) is 6.02. The van der Waals surface area contributed by atoms with Crippen LogP contribution in [-0.4, -0.2) is 67.1 Å². The molecule has 1 aliphatic heterocycles. The van der Waals surface area contributed by atoms with E-state index in [0.29, 0.717) is 6.04 Å². The number of amides is 1. The quantitative estimate of drug-likeness (QED) is 0.696. The van der Waals surface area contributed by atoms with Gasteiger partial charge in [-0.2, -0.15) is 0 Å². The van der Waals surface area contributed by atoms with Crippen LogP contribution in [0.25, 0.3) is 0 Å². The van der Waals surface area contributed by atoms with Gasteiger partial charge < -0.3 is 16.0 Å². The summed E-state index contributed by atoms with van der Waals surface area (Å²) in [5.41, 5.74) is 4.86. The van der Waals surface area contributed by atoms with E-state index >= 15 is 0 Å². The Morgan fingerprint density at radius 3 is 2.32 bits per heavy atom. The molecule has 0 bridgehead atoms. The molecule has 1 rings (SSSR count). The summed E-state index contributed by atoms with van der Waals surface area (Å²) >= 11 is 0. The predicted molar refractivity (Wildman–Crippen MR) is 79.0 cm³/mol. The van der Waals surface area contributed by atoms with Crippen LogP contribution >= 0.6 is 0 Å². The van der Waals surface area contributed by atoms with Crippen molar-refractivity contribution in [3.05, 3.63) is 0 Å². The van der Waals surface area contributed by atoms with E-state index in [9.17, 15) is 4.79 Å². The highest BCUT2D eigenvalue weighted by atomic mass is 16.1. The zero-order valence-corrected chi connectivity index (χ0v) is 12.9. The van der Waals surface area contributed by atoms with Gasteiger partial charge in [0, 0.05) is 32.2 Å². The Labute approximate surface area is 117 Å². The molecule has 0 saturated carbocycles. The maximum atomic E-state index is 11.4. The average molecular weight is 270 g/mol. The molecule has 1 saturated heterocycles. The Balaban J connectivity index is 2.26. The molecule has 19 heavy (non-hydrogen) atoms. The van der Waals surface area contributed by atoms with E-state index in [2.05, 4.69) is 29.0 Å². The maximum Gasteiger partial charge on any atom is 0.237 e. The summed E-state index contributed by atoms with van der Waals surface area (Å²) in [5.74, 6) is -0.264. The van der Waals surface area contributed by atoms with Crippen LogP contribution in [0, 0.1) is 0 Å². The molecule has 0 aromatic rings. The average Bonchev–Trinajstić information content (AvgIpc) is 2.38. The van der Waals surface area contributed by atoms with E-state index in [1.807, 2.05) is 6.92 Å². The summed E-state index contributed by atoms with van der Waals surface area (Å²) < 4.78 is 0. The number of nitrogens with two attached hydrogens (primary N) is 1. The number of carbonyl (C=O) groups excluding carboxylic acids is 1. The van der Waals surface area contributed by atoms with E-state index in [0.717, 1.165) is 45.6 Å². The first kappa shape index (κ1) is 16.4. The molecule has 1 heterocycles. The molecular weight excluding hydrogens is 240 g/mol. The second kappa shape index (κ2) is 7.22. The lowest BCUT2D eigenvalue weighted by Gasteiger charge is -2.37. The minimum absolute atomic E-state index is 0.264. The van der Waals surface area contributed by atoms with Gasteiger partial charge in [0.1, 0.15) is 0 Å². The van der Waals surface area contributed by atoms with Gasteiger partial charge in [0.2, 0.25) is 5.91 Å². The third-order valence-electron chi connectivity index (χ3n) is 4.38. The lowest BCUT2D eigenvalue weighted by Crippen LogP contribution is -2.52. The molecule has 5 nitrogen and oxygen atoms in total. The van der Waals surface area contributed by atoms with Gasteiger partial charge in [-0.1, -0.05) is 0 Å². The van der Waals surface area contributed by atoms with Crippen molar-refractivity contribution in [2.24, 2.45) is 5.73 Å². The van der Waals surface area contributed by atoms with E-state index in [4.69, 9.17) is 5.73 Å². The molecule has 3 N–H and O–H groups in total. The highest BCUT2D eigenvalue weighted by Crippen LogP contribution is 2.13. The normalized spacial score (nSPS) is 21.5. The largest absolute Gasteiger partial charge is 0.368 e. The highest BCUT2D eigenvalue weighted by Gasteiger charge is 2.28. The van der Waals surface area contributed by atoms with Crippen LogP contribution in [0.4, 0.5) is 0 Å². The minimum Gasteiger partial charge on any atom is -0.368 e. The molecular formula is C14H30N4O. The van der Waals surface area contributed by atoms with Crippen molar-refractivity contribution >= 4 is 5.91 Å². The molecule has 0 spiro atoms. The van der Waals surface area contributed by atoms with Gasteiger partial charge in [0.25, 0.3) is 0 Å². The van der Waals surface area contributed by atoms with Crippen molar-refractivity contribution in [2.75, 3.05) is 39.8 Å². The van der Waals surface area contributed by atoms with Gasteiger partial charge in [-0.25, -0.2) is 0 Å². The first-order chi connectivity index (χ1) is 8.89. The monoisotopic (exact) mass is 270 g/mol. The summed E-state index contributed by atoms with van der Waals surface area (Å²) in [6.45, 7) is 12.0. The highest BCUT2D eigenvalue weighted by molar-refractivity contribution is 5.84. The number of nitrogens with zero attached hydrogens (tertiary/aromatic N) is 2. The Morgan fingerprint density at radius 1 is 1.32 bits per heavy atom. The van der Waals surface area contributed by atoms with Gasteiger partial charge in [-0.15, -0.1) is 0 Å². The van der Waals surface area contributed by atoms with Crippen molar-refractivity contribution < 1.29 is 4.79 Å². The maximum absolute atomic E-state index is 11.4. The standard InChI is InChI=1S/C14H30N4O/c1-12(2)18-10-8-17(9-11-18)7-5-6-14(3,16-4)13(15)19/h12,16H,5-11H2,1-4H3,(H2,15,19). The molecule has 0 aromatic carbocycles. The topological polar surface area (TPSA) is 61.6 Å². The smallest absolute Gasteiger partial charge is 0.237 e. The van der Waals surface area contributed by atoms with Crippen LogP contribution in [0.15, 0.2) is 0 Å². The Kier molecular flexibility index (Phi) is 6.23. The molecule has 1 aliphatic rings. The molecule has 1 fully saturated rings. The van der Waals surface area contributed by atoms with Crippen molar-refractivity contribution in [3.63, 3.8) is 0 Å². The number of primary amides is 1. The molecule has 5 heteroatoms. The molecule has 1 atom stereocenters. The van der Waals surface area contributed by atoms with Crippen LogP contribution in [0.1, 0.15) is 33.6 Å². The Bertz CT molecular complexity index is 287. The number of rotatable bonds is 7. The number of hydrogen-bond donors (Lipinski definition) is 2. The van der Waals surface area contributed by atoms with Crippen molar-refractivity contribution in [1.29, 1.82) is 0 Å². The van der Waals surface area contributed by atoms with Crippen molar-refractivity contribution in [2.45, 2.75) is 45.2 Å². The molecule has 1 amide bonds. The molecule has 0 aliphatic carbocycles. The molecule has 1 unspecified atom stereocenters. The summed E-state index contributed by atoms with van der Waals surface area (Å²) in [6, 6.07) is 0.643. The van der Waals surface area contributed by atoms with Gasteiger partial charge in [-0.05, 0) is 47.2 Å². The summed E-state index contributed by atoms with van der Waals surface area (Å²) in [4.78, 5) is 16.4. The third kappa shape index (κ3) is 4.75. The third-order valence-corrected chi connectivity index (χ3v) is 4.38. The van der Waals surface area contributed by atoms with Crippen LogP contribution in [-0.2, 0) is 4.79 Å². The lowest BCUT2D eigenvalue weighted by atomic mass is 9.95. The van der Waals surface area contributed by atoms with Gasteiger partial charge >= 0.3 is 0 Å². The number of nitrogens with one attached hydrogen (secondary N) is 1. The van der Waals surface area contributed by atoms with Crippen molar-refractivity contribution in [1.82, 2.24) is 15.1 Å². The fourth-order valence-corrected chi connectivity index (χ4v) is 2.53. The lowest BCUT2D eigenvalue weighted by molar-refractivity contribution is -0.123. The Hall–Kier alpha value is -0.650. The summed E-state index contributed by atoms with van der Waals surface area (Å²) in [7, 11) is 1.80. The van der Waals surface area contributed by atoms with E-state index in [1.54, 1.807) is 7.05 Å². The second-order valence-electron chi connectivity index (χ2n) is 6.02. The van der Waals surface area contributed by atoms with Crippen LogP contribution in [0.5, 0.6) is 0 Å². The van der Waals surface area contributed by atoms with Gasteiger partial charge in [0.05, 0.1) is 5.54 Å². The molecule has 0 aromatic heterocycles. The van der Waals surface area contributed by atoms with Crippen molar-refractivity contribution in [3.8, 4) is 0 Å². The molecule has 112 valence electrons. The minimum atomic E-state index is -0.570. The fourth-order valence-electron chi connectivity index (χ4n) is 2.53. The number of likely N-dealkylation sites (N-methyl/N-ethyl adjacent to an activating group) is 1.